The highest BCUT2D eigenvalue weighted by Crippen LogP contribution is 2.51. The molecule has 56 heavy (non-hydrogen) atoms. The molecule has 2 N–H and O–H groups in total. The van der Waals surface area contributed by atoms with Gasteiger partial charge in [0.1, 0.15) is 0 Å². The van der Waals surface area contributed by atoms with Crippen LogP contribution in [0.1, 0.15) is 25.0 Å². The minimum atomic E-state index is -1.55. The van der Waals surface area contributed by atoms with E-state index in [-0.39, 0.29) is 5.41 Å². The third-order valence-corrected chi connectivity index (χ3v) is 11.6. The van der Waals surface area contributed by atoms with Crippen molar-refractivity contribution < 1.29 is 10.0 Å². The number of rotatable bonds is 7. The van der Waals surface area contributed by atoms with Crippen LogP contribution in [-0.2, 0) is 5.41 Å². The zero-order valence-corrected chi connectivity index (χ0v) is 31.3. The molecule has 0 spiro atoms. The number of fused-ring (bicyclic) bond motifs is 6. The molecule has 1 heterocycles. The molecule has 0 saturated carbocycles. The summed E-state index contributed by atoms with van der Waals surface area (Å²) in [6, 6.07) is 66.5. The number of hydrogen-bond acceptors (Lipinski definition) is 3. The molecule has 1 aromatic heterocycles. The summed E-state index contributed by atoms with van der Waals surface area (Å²) < 4.78 is 2.24. The van der Waals surface area contributed by atoms with Gasteiger partial charge in [-0.2, -0.15) is 0 Å². The van der Waals surface area contributed by atoms with Gasteiger partial charge in [0.2, 0.25) is 0 Å². The first kappa shape index (κ1) is 33.9. The highest BCUT2D eigenvalue weighted by Gasteiger charge is 2.35. The zero-order valence-electron chi connectivity index (χ0n) is 31.3. The van der Waals surface area contributed by atoms with Crippen LogP contribution < -0.4 is 10.4 Å². The highest BCUT2D eigenvalue weighted by atomic mass is 16.4. The fourth-order valence-corrected chi connectivity index (χ4v) is 8.77. The number of para-hydroxylation sites is 1. The fourth-order valence-electron chi connectivity index (χ4n) is 8.77. The van der Waals surface area contributed by atoms with E-state index in [1.165, 1.54) is 33.4 Å². The van der Waals surface area contributed by atoms with Gasteiger partial charge in [-0.15, -0.1) is 0 Å². The van der Waals surface area contributed by atoms with Gasteiger partial charge in [0, 0.05) is 38.9 Å². The number of anilines is 3. The second-order valence-electron chi connectivity index (χ2n) is 15.3. The summed E-state index contributed by atoms with van der Waals surface area (Å²) in [5, 5.41) is 22.2. The number of hydrogen-bond donors (Lipinski definition) is 2. The Balaban J connectivity index is 1.09. The van der Waals surface area contributed by atoms with E-state index < -0.39 is 7.12 Å². The predicted molar refractivity (Wildman–Crippen MR) is 234 cm³/mol. The second-order valence-corrected chi connectivity index (χ2v) is 15.3. The molecular weight excluding hydrogens is 683 g/mol. The van der Waals surface area contributed by atoms with E-state index in [2.05, 4.69) is 175 Å². The molecule has 1 aliphatic carbocycles. The molecule has 0 amide bonds. The van der Waals surface area contributed by atoms with Crippen molar-refractivity contribution >= 4 is 51.4 Å². The van der Waals surface area contributed by atoms with Gasteiger partial charge in [-0.1, -0.05) is 135 Å². The Morgan fingerprint density at radius 1 is 0.446 bits per heavy atom. The quantitative estimate of drug-likeness (QED) is 0.161. The lowest BCUT2D eigenvalue weighted by atomic mass is 9.80. The number of benzene rings is 8. The van der Waals surface area contributed by atoms with Crippen LogP contribution in [-0.4, -0.2) is 21.7 Å². The van der Waals surface area contributed by atoms with Crippen LogP contribution in [0, 0.1) is 0 Å². The summed E-state index contributed by atoms with van der Waals surface area (Å²) in [5.74, 6) is 0. The lowest BCUT2D eigenvalue weighted by molar-refractivity contribution is 0.426. The molecule has 0 radical (unpaired) electrons. The van der Waals surface area contributed by atoms with Gasteiger partial charge in [-0.25, -0.2) is 0 Å². The lowest BCUT2D eigenvalue weighted by Crippen LogP contribution is -2.29. The van der Waals surface area contributed by atoms with Crippen molar-refractivity contribution in [3.63, 3.8) is 0 Å². The summed E-state index contributed by atoms with van der Waals surface area (Å²) in [4.78, 5) is 2.37. The van der Waals surface area contributed by atoms with E-state index in [4.69, 9.17) is 0 Å². The minimum absolute atomic E-state index is 0.123. The monoisotopic (exact) mass is 722 g/mol. The van der Waals surface area contributed by atoms with E-state index in [1.807, 2.05) is 30.3 Å². The first-order valence-corrected chi connectivity index (χ1v) is 19.2. The molecule has 0 aliphatic heterocycles. The van der Waals surface area contributed by atoms with Crippen LogP contribution in [0.3, 0.4) is 0 Å². The van der Waals surface area contributed by atoms with Crippen LogP contribution in [0.2, 0.25) is 0 Å². The average molecular weight is 723 g/mol. The molecule has 0 unspecified atom stereocenters. The van der Waals surface area contributed by atoms with E-state index in [9.17, 15) is 10.0 Å². The third-order valence-electron chi connectivity index (χ3n) is 11.6. The molecule has 10 rings (SSSR count). The fraction of sp³-hybridized carbons (Fsp3) is 0.0588. The molecule has 5 heteroatoms. The van der Waals surface area contributed by atoms with Crippen molar-refractivity contribution in [2.45, 2.75) is 19.3 Å². The van der Waals surface area contributed by atoms with Crippen LogP contribution in [0.25, 0.3) is 60.9 Å². The second kappa shape index (κ2) is 13.3. The molecule has 0 fully saturated rings. The summed E-state index contributed by atoms with van der Waals surface area (Å²) in [6.07, 6.45) is 0. The van der Waals surface area contributed by atoms with E-state index in [0.29, 0.717) is 5.46 Å². The molecule has 4 nitrogen and oxygen atoms in total. The number of nitrogens with zero attached hydrogens (tertiary/aromatic N) is 2. The van der Waals surface area contributed by atoms with E-state index >= 15 is 0 Å². The van der Waals surface area contributed by atoms with Gasteiger partial charge in [-0.3, -0.25) is 0 Å². The Labute approximate surface area is 327 Å². The average Bonchev–Trinajstić information content (AvgIpc) is 3.69. The summed E-state index contributed by atoms with van der Waals surface area (Å²) in [6.45, 7) is 4.66. The maximum Gasteiger partial charge on any atom is 0.488 e. The van der Waals surface area contributed by atoms with Crippen molar-refractivity contribution in [2.75, 3.05) is 4.90 Å². The Kier molecular flexibility index (Phi) is 8.03. The molecule has 8 aromatic carbocycles. The Bertz CT molecular complexity index is 2920. The topological polar surface area (TPSA) is 48.6 Å². The lowest BCUT2D eigenvalue weighted by Gasteiger charge is -2.28. The van der Waals surface area contributed by atoms with Crippen molar-refractivity contribution in [3.8, 4) is 39.1 Å². The minimum Gasteiger partial charge on any atom is -0.423 e. The zero-order chi connectivity index (χ0) is 38.0. The van der Waals surface area contributed by atoms with Crippen molar-refractivity contribution in [2.24, 2.45) is 0 Å². The predicted octanol–water partition coefficient (Wildman–Crippen LogP) is 11.6. The summed E-state index contributed by atoms with van der Waals surface area (Å²) in [7, 11) is -1.55. The Morgan fingerprint density at radius 2 is 1.02 bits per heavy atom. The normalized spacial score (nSPS) is 12.8. The Morgan fingerprint density at radius 3 is 1.79 bits per heavy atom. The molecule has 0 atom stereocenters. The van der Waals surface area contributed by atoms with Gasteiger partial charge < -0.3 is 19.5 Å². The first-order chi connectivity index (χ1) is 27.3. The van der Waals surface area contributed by atoms with Crippen molar-refractivity contribution in [3.05, 3.63) is 199 Å². The standard InChI is InChI=1S/C51H39BN2O2/c1-51(2)47-19-10-9-18-43(47)44-27-26-42(33-48(44)51)53(41-17-11-14-36(30-41)34-12-5-3-6-13-34)40-24-20-35(21-25-40)37-22-28-49-45(31-37)46-32-38(52(55)56)23-29-50(46)54(49)39-15-7-4-8-16-39/h3-33,55-56H,1-2H3. The third kappa shape index (κ3) is 5.55. The molecule has 1 aliphatic rings. The van der Waals surface area contributed by atoms with Crippen LogP contribution >= 0.6 is 0 Å². The van der Waals surface area contributed by atoms with Gasteiger partial charge in [-0.05, 0) is 117 Å². The summed E-state index contributed by atoms with van der Waals surface area (Å²) in [5.41, 5.74) is 16.6. The SMILES string of the molecule is CC1(C)c2ccccc2-c2ccc(N(c3ccc(-c4ccc5c(c4)c4cc(B(O)O)ccc4n5-c4ccccc4)cc3)c3cccc(-c4ccccc4)c3)cc21. The van der Waals surface area contributed by atoms with Crippen LogP contribution in [0.15, 0.2) is 188 Å². The van der Waals surface area contributed by atoms with Crippen molar-refractivity contribution in [1.29, 1.82) is 0 Å². The van der Waals surface area contributed by atoms with Gasteiger partial charge in [0.05, 0.1) is 11.0 Å². The molecule has 9 aromatic rings. The van der Waals surface area contributed by atoms with Crippen LogP contribution in [0.5, 0.6) is 0 Å². The number of aromatic nitrogens is 1. The molecule has 0 saturated heterocycles. The summed E-state index contributed by atoms with van der Waals surface area (Å²) >= 11 is 0. The maximum atomic E-state index is 10.1. The smallest absolute Gasteiger partial charge is 0.423 e. The van der Waals surface area contributed by atoms with Crippen LogP contribution in [0.4, 0.5) is 17.1 Å². The van der Waals surface area contributed by atoms with E-state index in [1.54, 1.807) is 6.07 Å². The van der Waals surface area contributed by atoms with Gasteiger partial charge in [0.25, 0.3) is 0 Å². The van der Waals surface area contributed by atoms with E-state index in [0.717, 1.165) is 55.7 Å². The molecule has 268 valence electrons. The Hall–Kier alpha value is -6.66. The largest absolute Gasteiger partial charge is 0.488 e. The molecule has 0 bridgehead atoms. The first-order valence-electron chi connectivity index (χ1n) is 19.2. The highest BCUT2D eigenvalue weighted by molar-refractivity contribution is 6.59. The maximum absolute atomic E-state index is 10.1. The van der Waals surface area contributed by atoms with Gasteiger partial charge in [0.15, 0.2) is 0 Å². The van der Waals surface area contributed by atoms with Gasteiger partial charge >= 0.3 is 7.12 Å². The molecular formula is C51H39BN2O2. The van der Waals surface area contributed by atoms with Crippen molar-refractivity contribution in [1.82, 2.24) is 4.57 Å².